The van der Waals surface area contributed by atoms with Crippen LogP contribution >= 0.6 is 15.9 Å². The molecule has 132 valence electrons. The number of hydrogen-bond acceptors (Lipinski definition) is 4. The van der Waals surface area contributed by atoms with E-state index < -0.39 is 0 Å². The van der Waals surface area contributed by atoms with Crippen LogP contribution in [-0.4, -0.2) is 41.5 Å². The molecule has 0 bridgehead atoms. The van der Waals surface area contributed by atoms with Gasteiger partial charge in [0.1, 0.15) is 5.75 Å². The summed E-state index contributed by atoms with van der Waals surface area (Å²) in [5.74, 6) is 1.10. The van der Waals surface area contributed by atoms with Crippen molar-refractivity contribution < 1.29 is 9.53 Å². The third-order valence-corrected chi connectivity index (χ3v) is 4.93. The highest BCUT2D eigenvalue weighted by molar-refractivity contribution is 9.10. The van der Waals surface area contributed by atoms with E-state index in [2.05, 4.69) is 38.1 Å². The first-order valence-electron chi connectivity index (χ1n) is 8.56. The molecular formula is C19H22BrN3O2. The van der Waals surface area contributed by atoms with E-state index in [1.165, 1.54) is 0 Å². The lowest BCUT2D eigenvalue weighted by atomic mass is 10.0. The zero-order valence-electron chi connectivity index (χ0n) is 14.2. The summed E-state index contributed by atoms with van der Waals surface area (Å²) in [5.41, 5.74) is 0.557. The van der Waals surface area contributed by atoms with E-state index in [1.54, 1.807) is 18.3 Å². The van der Waals surface area contributed by atoms with Crippen molar-refractivity contribution in [2.24, 2.45) is 0 Å². The van der Waals surface area contributed by atoms with Crippen LogP contribution in [0.2, 0.25) is 0 Å². The molecule has 1 saturated heterocycles. The minimum Gasteiger partial charge on any atom is -0.439 e. The van der Waals surface area contributed by atoms with E-state index in [1.807, 2.05) is 24.3 Å². The van der Waals surface area contributed by atoms with Crippen molar-refractivity contribution in [3.8, 4) is 11.6 Å². The molecule has 3 rings (SSSR count). The van der Waals surface area contributed by atoms with Gasteiger partial charge in [0, 0.05) is 35.9 Å². The molecule has 6 heteroatoms. The number of nitrogens with zero attached hydrogens (tertiary/aromatic N) is 2. The minimum atomic E-state index is -0.0716. The average molecular weight is 404 g/mol. The van der Waals surface area contributed by atoms with Crippen LogP contribution in [0.1, 0.15) is 30.1 Å². The van der Waals surface area contributed by atoms with Gasteiger partial charge in [-0.2, -0.15) is 0 Å². The molecule has 0 unspecified atom stereocenters. The summed E-state index contributed by atoms with van der Waals surface area (Å²) in [6, 6.07) is 11.2. The van der Waals surface area contributed by atoms with Crippen molar-refractivity contribution >= 4 is 21.8 Å². The predicted molar refractivity (Wildman–Crippen MR) is 101 cm³/mol. The fraction of sp³-hybridized carbons (Fsp3) is 0.368. The van der Waals surface area contributed by atoms with Gasteiger partial charge < -0.3 is 15.0 Å². The maximum atomic E-state index is 12.4. The molecule has 0 spiro atoms. The number of likely N-dealkylation sites (tertiary alicyclic amines) is 1. The number of piperidine rings is 1. The molecule has 25 heavy (non-hydrogen) atoms. The first-order valence-corrected chi connectivity index (χ1v) is 9.36. The number of aromatic nitrogens is 1. The highest BCUT2D eigenvalue weighted by atomic mass is 79.9. The summed E-state index contributed by atoms with van der Waals surface area (Å²) in [5, 5.41) is 3.10. The maximum absolute atomic E-state index is 12.4. The molecule has 0 radical (unpaired) electrons. The highest BCUT2D eigenvalue weighted by Crippen LogP contribution is 2.21. The van der Waals surface area contributed by atoms with Gasteiger partial charge in [0.25, 0.3) is 5.91 Å². The summed E-state index contributed by atoms with van der Waals surface area (Å²) in [6.07, 6.45) is 3.56. The molecule has 1 aromatic carbocycles. The Morgan fingerprint density at radius 1 is 1.24 bits per heavy atom. The monoisotopic (exact) mass is 403 g/mol. The van der Waals surface area contributed by atoms with Crippen LogP contribution in [0.15, 0.2) is 47.1 Å². The highest BCUT2D eigenvalue weighted by Gasteiger charge is 2.20. The number of hydrogen-bond donors (Lipinski definition) is 1. The normalized spacial score (nSPS) is 15.8. The van der Waals surface area contributed by atoms with Crippen LogP contribution in [0.25, 0.3) is 0 Å². The predicted octanol–water partition coefficient (Wildman–Crippen LogP) is 3.85. The fourth-order valence-electron chi connectivity index (χ4n) is 2.86. The standard InChI is InChI=1S/C19H22BrN3O2/c1-2-23-11-9-16(10-12-23)22-19(24)14-3-8-18(21-13-14)25-17-6-4-15(20)5-7-17/h3-8,13,16H,2,9-12H2,1H3,(H,22,24). The van der Waals surface area contributed by atoms with E-state index in [0.29, 0.717) is 17.2 Å². The Hall–Kier alpha value is -1.92. The van der Waals surface area contributed by atoms with Gasteiger partial charge in [-0.25, -0.2) is 4.98 Å². The molecule has 0 saturated carbocycles. The van der Waals surface area contributed by atoms with Crippen molar-refractivity contribution in [1.29, 1.82) is 0 Å². The van der Waals surface area contributed by atoms with Gasteiger partial charge >= 0.3 is 0 Å². The lowest BCUT2D eigenvalue weighted by Gasteiger charge is -2.31. The Balaban J connectivity index is 1.54. The molecule has 1 aliphatic rings. The Labute approximate surface area is 156 Å². The summed E-state index contributed by atoms with van der Waals surface area (Å²) >= 11 is 3.39. The van der Waals surface area contributed by atoms with Gasteiger partial charge in [0.15, 0.2) is 0 Å². The van der Waals surface area contributed by atoms with Crippen molar-refractivity contribution in [1.82, 2.24) is 15.2 Å². The lowest BCUT2D eigenvalue weighted by molar-refractivity contribution is 0.0912. The topological polar surface area (TPSA) is 54.5 Å². The number of carbonyl (C=O) groups excluding carboxylic acids is 1. The Kier molecular flexibility index (Phi) is 6.04. The Bertz CT molecular complexity index is 696. The first kappa shape index (κ1) is 17.9. The largest absolute Gasteiger partial charge is 0.439 e. The summed E-state index contributed by atoms with van der Waals surface area (Å²) < 4.78 is 6.66. The smallest absolute Gasteiger partial charge is 0.253 e. The number of amides is 1. The lowest BCUT2D eigenvalue weighted by Crippen LogP contribution is -2.44. The van der Waals surface area contributed by atoms with Crippen molar-refractivity contribution in [2.75, 3.05) is 19.6 Å². The van der Waals surface area contributed by atoms with E-state index in [4.69, 9.17) is 4.74 Å². The molecule has 5 nitrogen and oxygen atoms in total. The molecule has 1 aromatic heterocycles. The van der Waals surface area contributed by atoms with Crippen molar-refractivity contribution in [3.05, 3.63) is 52.6 Å². The van der Waals surface area contributed by atoms with Crippen molar-refractivity contribution in [2.45, 2.75) is 25.8 Å². The second kappa shape index (κ2) is 8.45. The van der Waals surface area contributed by atoms with Crippen LogP contribution in [-0.2, 0) is 0 Å². The molecule has 1 N–H and O–H groups in total. The van der Waals surface area contributed by atoms with E-state index >= 15 is 0 Å². The number of rotatable bonds is 5. The van der Waals surface area contributed by atoms with E-state index in [9.17, 15) is 4.79 Å². The molecule has 0 aliphatic carbocycles. The molecule has 0 atom stereocenters. The van der Waals surface area contributed by atoms with Gasteiger partial charge in [-0.05, 0) is 49.7 Å². The Morgan fingerprint density at radius 2 is 1.96 bits per heavy atom. The van der Waals surface area contributed by atoms with Crippen LogP contribution in [0, 0.1) is 0 Å². The zero-order valence-corrected chi connectivity index (χ0v) is 15.8. The quantitative estimate of drug-likeness (QED) is 0.823. The number of nitrogens with one attached hydrogen (secondary N) is 1. The second-order valence-electron chi connectivity index (χ2n) is 6.12. The summed E-state index contributed by atoms with van der Waals surface area (Å²) in [6.45, 7) is 5.33. The van der Waals surface area contributed by atoms with Gasteiger partial charge in [-0.1, -0.05) is 22.9 Å². The van der Waals surface area contributed by atoms with Crippen LogP contribution < -0.4 is 10.1 Å². The van der Waals surface area contributed by atoms with E-state index in [-0.39, 0.29) is 11.9 Å². The van der Waals surface area contributed by atoms with Crippen LogP contribution in [0.4, 0.5) is 0 Å². The van der Waals surface area contributed by atoms with Crippen molar-refractivity contribution in [3.63, 3.8) is 0 Å². The summed E-state index contributed by atoms with van der Waals surface area (Å²) in [7, 11) is 0. The molecule has 2 heterocycles. The SMILES string of the molecule is CCN1CCC(NC(=O)c2ccc(Oc3ccc(Br)cc3)nc2)CC1. The third-order valence-electron chi connectivity index (χ3n) is 4.40. The number of pyridine rings is 1. The van der Waals surface area contributed by atoms with E-state index in [0.717, 1.165) is 36.9 Å². The zero-order chi connectivity index (χ0) is 17.6. The first-order chi connectivity index (χ1) is 12.1. The van der Waals surface area contributed by atoms with Gasteiger partial charge in [0.05, 0.1) is 5.56 Å². The molecule has 1 aliphatic heterocycles. The number of benzene rings is 1. The number of ether oxygens (including phenoxy) is 1. The van der Waals surface area contributed by atoms with Gasteiger partial charge in [-0.15, -0.1) is 0 Å². The molecule has 2 aromatic rings. The molecular weight excluding hydrogens is 382 g/mol. The third kappa shape index (κ3) is 5.03. The molecule has 1 fully saturated rings. The average Bonchev–Trinajstić information content (AvgIpc) is 2.65. The second-order valence-corrected chi connectivity index (χ2v) is 7.04. The van der Waals surface area contributed by atoms with Gasteiger partial charge in [-0.3, -0.25) is 4.79 Å². The van der Waals surface area contributed by atoms with Crippen LogP contribution in [0.5, 0.6) is 11.6 Å². The number of carbonyl (C=O) groups is 1. The van der Waals surface area contributed by atoms with Crippen LogP contribution in [0.3, 0.4) is 0 Å². The minimum absolute atomic E-state index is 0.0716. The number of halogens is 1. The summed E-state index contributed by atoms with van der Waals surface area (Å²) in [4.78, 5) is 19.0. The Morgan fingerprint density at radius 3 is 2.56 bits per heavy atom. The van der Waals surface area contributed by atoms with Gasteiger partial charge in [0.2, 0.25) is 5.88 Å². The maximum Gasteiger partial charge on any atom is 0.253 e. The fourth-order valence-corrected chi connectivity index (χ4v) is 3.12. The molecule has 1 amide bonds.